The van der Waals surface area contributed by atoms with Gasteiger partial charge in [0, 0.05) is 5.69 Å². The number of nitrogens with zero attached hydrogens (tertiary/aromatic N) is 1. The molecule has 122 valence electrons. The van der Waals surface area contributed by atoms with Gasteiger partial charge in [0.2, 0.25) is 0 Å². The average Bonchev–Trinajstić information content (AvgIpc) is 3.02. The minimum Gasteiger partial charge on any atom is -0.467 e. The van der Waals surface area contributed by atoms with Gasteiger partial charge in [-0.15, -0.1) is 11.3 Å². The number of carbonyl (C=O) groups is 2. The average molecular weight is 335 g/mol. The molecule has 1 amide bonds. The fourth-order valence-corrected chi connectivity index (χ4v) is 2.51. The number of thiazole rings is 1. The van der Waals surface area contributed by atoms with Crippen molar-refractivity contribution in [2.45, 2.75) is 13.0 Å². The van der Waals surface area contributed by atoms with Crippen LogP contribution in [0.2, 0.25) is 0 Å². The second-order valence-corrected chi connectivity index (χ2v) is 5.61. The lowest BCUT2D eigenvalue weighted by Gasteiger charge is -2.13. The lowest BCUT2D eigenvalue weighted by Crippen LogP contribution is -2.44. The van der Waals surface area contributed by atoms with Crippen LogP contribution in [0.1, 0.15) is 16.1 Å². The predicted octanol–water partition coefficient (Wildman–Crippen LogP) is 1.46. The minimum absolute atomic E-state index is 0.151. The number of ether oxygens (including phenoxy) is 1. The molecule has 0 spiro atoms. The Hall–Kier alpha value is -2.45. The van der Waals surface area contributed by atoms with Crippen LogP contribution in [-0.2, 0) is 9.53 Å². The Morgan fingerprint density at radius 2 is 2.04 bits per heavy atom. The summed E-state index contributed by atoms with van der Waals surface area (Å²) < 4.78 is 4.51. The smallest absolute Gasteiger partial charge is 0.330 e. The van der Waals surface area contributed by atoms with E-state index in [2.05, 4.69) is 20.4 Å². The number of aromatic nitrogens is 1. The summed E-state index contributed by atoms with van der Waals surface area (Å²) >= 11 is 1.26. The SMILES string of the molecule is COC(=O)[C@H](CO)NC(=O)c1ncsc1Nc1ccc(C)cc1. The Morgan fingerprint density at radius 1 is 1.35 bits per heavy atom. The number of benzene rings is 1. The number of hydrogen-bond donors (Lipinski definition) is 3. The normalized spacial score (nSPS) is 11.6. The first kappa shape index (κ1) is 16.9. The predicted molar refractivity (Wildman–Crippen MR) is 86.9 cm³/mol. The molecule has 0 saturated carbocycles. The van der Waals surface area contributed by atoms with E-state index in [1.54, 1.807) is 0 Å². The Morgan fingerprint density at radius 3 is 2.65 bits per heavy atom. The molecule has 0 fully saturated rings. The maximum Gasteiger partial charge on any atom is 0.330 e. The quantitative estimate of drug-likeness (QED) is 0.691. The second kappa shape index (κ2) is 7.70. The molecular weight excluding hydrogens is 318 g/mol. The summed E-state index contributed by atoms with van der Waals surface area (Å²) in [5.41, 5.74) is 3.62. The van der Waals surface area contributed by atoms with Crippen molar-refractivity contribution in [1.82, 2.24) is 10.3 Å². The first-order valence-corrected chi connectivity index (χ1v) is 7.70. The molecule has 0 saturated heterocycles. The summed E-state index contributed by atoms with van der Waals surface area (Å²) in [7, 11) is 1.18. The van der Waals surface area contributed by atoms with E-state index in [1.807, 2.05) is 31.2 Å². The molecule has 0 aliphatic rings. The molecule has 0 aliphatic heterocycles. The molecule has 1 aromatic heterocycles. The molecule has 0 aliphatic carbocycles. The van der Waals surface area contributed by atoms with E-state index in [0.29, 0.717) is 5.00 Å². The number of aliphatic hydroxyl groups excluding tert-OH is 1. The second-order valence-electron chi connectivity index (χ2n) is 4.75. The number of hydrogen-bond acceptors (Lipinski definition) is 7. The van der Waals surface area contributed by atoms with Gasteiger partial charge in [0.05, 0.1) is 19.2 Å². The van der Waals surface area contributed by atoms with Gasteiger partial charge in [0.15, 0.2) is 11.7 Å². The summed E-state index contributed by atoms with van der Waals surface area (Å²) in [4.78, 5) is 27.7. The topological polar surface area (TPSA) is 101 Å². The zero-order valence-electron chi connectivity index (χ0n) is 12.7. The van der Waals surface area contributed by atoms with Gasteiger partial charge in [-0.05, 0) is 19.1 Å². The van der Waals surface area contributed by atoms with Crippen molar-refractivity contribution in [1.29, 1.82) is 0 Å². The molecular formula is C15H17N3O4S. The van der Waals surface area contributed by atoms with Gasteiger partial charge in [0.25, 0.3) is 5.91 Å². The number of esters is 1. The Labute approximate surface area is 137 Å². The van der Waals surface area contributed by atoms with Crippen LogP contribution in [0.3, 0.4) is 0 Å². The van der Waals surface area contributed by atoms with Gasteiger partial charge in [-0.3, -0.25) is 4.79 Å². The first-order valence-electron chi connectivity index (χ1n) is 6.82. The molecule has 8 heteroatoms. The summed E-state index contributed by atoms with van der Waals surface area (Å²) in [6, 6.07) is 6.55. The van der Waals surface area contributed by atoms with E-state index >= 15 is 0 Å². The van der Waals surface area contributed by atoms with Crippen LogP contribution in [0.15, 0.2) is 29.8 Å². The highest BCUT2D eigenvalue weighted by Gasteiger charge is 2.24. The lowest BCUT2D eigenvalue weighted by molar-refractivity contribution is -0.143. The van der Waals surface area contributed by atoms with Gasteiger partial charge in [-0.2, -0.15) is 0 Å². The van der Waals surface area contributed by atoms with E-state index in [9.17, 15) is 9.59 Å². The van der Waals surface area contributed by atoms with E-state index in [4.69, 9.17) is 5.11 Å². The number of amides is 1. The van der Waals surface area contributed by atoms with Crippen molar-refractivity contribution in [2.24, 2.45) is 0 Å². The molecule has 1 heterocycles. The molecule has 1 aromatic carbocycles. The highest BCUT2D eigenvalue weighted by molar-refractivity contribution is 7.14. The van der Waals surface area contributed by atoms with E-state index in [1.165, 1.54) is 24.0 Å². The van der Waals surface area contributed by atoms with Crippen molar-refractivity contribution >= 4 is 33.9 Å². The zero-order chi connectivity index (χ0) is 16.8. The summed E-state index contributed by atoms with van der Waals surface area (Å²) in [5.74, 6) is -1.28. The van der Waals surface area contributed by atoms with Gasteiger partial charge in [-0.25, -0.2) is 9.78 Å². The molecule has 1 atom stereocenters. The summed E-state index contributed by atoms with van der Waals surface area (Å²) in [6.07, 6.45) is 0. The van der Waals surface area contributed by atoms with Crippen molar-refractivity contribution < 1.29 is 19.4 Å². The Kier molecular flexibility index (Phi) is 5.67. The molecule has 7 nitrogen and oxygen atoms in total. The van der Waals surface area contributed by atoms with Gasteiger partial charge >= 0.3 is 5.97 Å². The fourth-order valence-electron chi connectivity index (χ4n) is 1.81. The van der Waals surface area contributed by atoms with Crippen LogP contribution in [0.5, 0.6) is 0 Å². The van der Waals surface area contributed by atoms with Crippen LogP contribution in [0.4, 0.5) is 10.7 Å². The van der Waals surface area contributed by atoms with Gasteiger partial charge < -0.3 is 20.5 Å². The maximum absolute atomic E-state index is 12.2. The van der Waals surface area contributed by atoms with Crippen LogP contribution >= 0.6 is 11.3 Å². The molecule has 23 heavy (non-hydrogen) atoms. The molecule has 3 N–H and O–H groups in total. The molecule has 0 radical (unpaired) electrons. The zero-order valence-corrected chi connectivity index (χ0v) is 13.5. The van der Waals surface area contributed by atoms with Crippen LogP contribution in [0, 0.1) is 6.92 Å². The standard InChI is InChI=1S/C15H17N3O4S/c1-9-3-5-10(6-4-9)17-14-12(16-8-23-14)13(20)18-11(7-19)15(21)22-2/h3-6,8,11,17,19H,7H2,1-2H3,(H,18,20)/t11-/m0/s1. The third-order valence-corrected chi connectivity index (χ3v) is 3.81. The third kappa shape index (κ3) is 4.27. The number of anilines is 2. The Balaban J connectivity index is 2.12. The van der Waals surface area contributed by atoms with Crippen LogP contribution in [-0.4, -0.2) is 41.7 Å². The van der Waals surface area contributed by atoms with Crippen molar-refractivity contribution in [3.05, 3.63) is 41.0 Å². The van der Waals surface area contributed by atoms with Crippen LogP contribution in [0.25, 0.3) is 0 Å². The highest BCUT2D eigenvalue weighted by Crippen LogP contribution is 2.25. The molecule has 0 unspecified atom stereocenters. The Bertz CT molecular complexity index is 684. The molecule has 2 rings (SSSR count). The van der Waals surface area contributed by atoms with Gasteiger partial charge in [-0.1, -0.05) is 17.7 Å². The van der Waals surface area contributed by atoms with Crippen molar-refractivity contribution in [2.75, 3.05) is 19.0 Å². The lowest BCUT2D eigenvalue weighted by atomic mass is 10.2. The van der Waals surface area contributed by atoms with Crippen LogP contribution < -0.4 is 10.6 Å². The molecule has 2 aromatic rings. The first-order chi connectivity index (χ1) is 11.0. The van der Waals surface area contributed by atoms with E-state index in [-0.39, 0.29) is 5.69 Å². The summed E-state index contributed by atoms with van der Waals surface area (Å²) in [6.45, 7) is 1.43. The number of aliphatic hydroxyl groups is 1. The third-order valence-electron chi connectivity index (χ3n) is 3.07. The maximum atomic E-state index is 12.2. The summed E-state index contributed by atoms with van der Waals surface area (Å²) in [5, 5.41) is 15.2. The number of nitrogens with one attached hydrogen (secondary N) is 2. The number of aryl methyl sites for hydroxylation is 1. The van der Waals surface area contributed by atoms with Crippen molar-refractivity contribution in [3.8, 4) is 0 Å². The number of rotatable bonds is 6. The van der Waals surface area contributed by atoms with Gasteiger partial charge in [0.1, 0.15) is 5.00 Å². The van der Waals surface area contributed by atoms with Crippen molar-refractivity contribution in [3.63, 3.8) is 0 Å². The number of methoxy groups -OCH3 is 1. The highest BCUT2D eigenvalue weighted by atomic mass is 32.1. The minimum atomic E-state index is -1.12. The fraction of sp³-hybridized carbons (Fsp3) is 0.267. The monoisotopic (exact) mass is 335 g/mol. The van der Waals surface area contributed by atoms with E-state index < -0.39 is 24.5 Å². The molecule has 0 bridgehead atoms. The van der Waals surface area contributed by atoms with E-state index in [0.717, 1.165) is 11.3 Å². The number of carbonyl (C=O) groups excluding carboxylic acids is 2. The largest absolute Gasteiger partial charge is 0.467 e.